The van der Waals surface area contributed by atoms with Gasteiger partial charge in [0.25, 0.3) is 0 Å². The van der Waals surface area contributed by atoms with Crippen LogP contribution in [-0.4, -0.2) is 42.1 Å². The maximum absolute atomic E-state index is 4.70. The van der Waals surface area contributed by atoms with Gasteiger partial charge < -0.3 is 10.2 Å². The Balaban J connectivity index is 3.06. The van der Waals surface area contributed by atoms with Gasteiger partial charge in [0.05, 0.1) is 0 Å². The fraction of sp³-hybridized carbons (Fsp3) is 0.714. The van der Waals surface area contributed by atoms with Crippen LogP contribution in [0.3, 0.4) is 0 Å². The molecule has 1 rings (SSSR count). The van der Waals surface area contributed by atoms with Gasteiger partial charge in [-0.2, -0.15) is 11.8 Å². The average molecular weight is 282 g/mol. The summed E-state index contributed by atoms with van der Waals surface area (Å²) >= 11 is 1.88. The lowest BCUT2D eigenvalue weighted by molar-refractivity contribution is 0.659. The summed E-state index contributed by atoms with van der Waals surface area (Å²) in [5, 5.41) is 3.12. The first-order chi connectivity index (χ1) is 9.03. The zero-order valence-corrected chi connectivity index (χ0v) is 13.7. The van der Waals surface area contributed by atoms with Crippen LogP contribution in [0.15, 0.2) is 6.07 Å². The summed E-state index contributed by atoms with van der Waals surface area (Å²) in [6, 6.07) is 2.53. The summed E-state index contributed by atoms with van der Waals surface area (Å²) in [4.78, 5) is 11.5. The van der Waals surface area contributed by atoms with Crippen LogP contribution in [0, 0.1) is 0 Å². The molecule has 0 saturated carbocycles. The van der Waals surface area contributed by atoms with Gasteiger partial charge in [-0.1, -0.05) is 20.8 Å². The number of nitrogens with one attached hydrogen (secondary N) is 1. The van der Waals surface area contributed by atoms with E-state index < -0.39 is 0 Å². The number of nitrogens with zero attached hydrogens (tertiary/aromatic N) is 3. The number of hydrogen-bond donors (Lipinski definition) is 1. The lowest BCUT2D eigenvalue weighted by atomic mass is 10.2. The van der Waals surface area contributed by atoms with Crippen molar-refractivity contribution in [2.75, 3.05) is 36.3 Å². The van der Waals surface area contributed by atoms with E-state index in [-0.39, 0.29) is 0 Å². The number of thioether (sulfide) groups is 1. The van der Waals surface area contributed by atoms with Crippen LogP contribution in [-0.2, 0) is 0 Å². The molecule has 1 aromatic heterocycles. The highest BCUT2D eigenvalue weighted by atomic mass is 32.2. The zero-order chi connectivity index (χ0) is 14.4. The molecule has 4 nitrogen and oxygen atoms in total. The van der Waals surface area contributed by atoms with E-state index in [1.807, 2.05) is 24.9 Å². The Kier molecular flexibility index (Phi) is 6.42. The van der Waals surface area contributed by atoms with Gasteiger partial charge in [-0.25, -0.2) is 9.97 Å². The van der Waals surface area contributed by atoms with Gasteiger partial charge >= 0.3 is 0 Å². The van der Waals surface area contributed by atoms with Gasteiger partial charge in [0, 0.05) is 37.9 Å². The largest absolute Gasteiger partial charge is 0.373 e. The summed E-state index contributed by atoms with van der Waals surface area (Å²) in [6.07, 6.45) is 3.27. The predicted molar refractivity (Wildman–Crippen MR) is 86.5 cm³/mol. The Hall–Kier alpha value is -0.970. The second kappa shape index (κ2) is 7.58. The molecule has 0 aliphatic carbocycles. The molecule has 0 radical (unpaired) electrons. The molecule has 0 amide bonds. The van der Waals surface area contributed by atoms with Gasteiger partial charge in [-0.15, -0.1) is 0 Å². The van der Waals surface area contributed by atoms with E-state index in [4.69, 9.17) is 4.98 Å². The molecular formula is C14H26N4S. The Labute approximate surface area is 121 Å². The molecule has 0 saturated heterocycles. The molecule has 1 heterocycles. The van der Waals surface area contributed by atoms with Crippen LogP contribution < -0.4 is 10.2 Å². The molecular weight excluding hydrogens is 256 g/mol. The van der Waals surface area contributed by atoms with Gasteiger partial charge in [0.2, 0.25) is 0 Å². The van der Waals surface area contributed by atoms with Crippen molar-refractivity contribution in [2.45, 2.75) is 39.2 Å². The van der Waals surface area contributed by atoms with Gasteiger partial charge in [0.15, 0.2) is 0 Å². The summed E-state index contributed by atoms with van der Waals surface area (Å²) in [6.45, 7) is 6.47. The van der Waals surface area contributed by atoms with Crippen LogP contribution in [0.5, 0.6) is 0 Å². The summed E-state index contributed by atoms with van der Waals surface area (Å²) in [5.41, 5.74) is 0. The van der Waals surface area contributed by atoms with E-state index in [1.165, 1.54) is 0 Å². The first-order valence-electron chi connectivity index (χ1n) is 6.81. The van der Waals surface area contributed by atoms with Crippen LogP contribution in [0.1, 0.15) is 38.9 Å². The lowest BCUT2D eigenvalue weighted by Crippen LogP contribution is -2.34. The fourth-order valence-corrected chi connectivity index (χ4v) is 2.75. The molecule has 0 aliphatic heterocycles. The molecule has 1 unspecified atom stereocenters. The van der Waals surface area contributed by atoms with Crippen molar-refractivity contribution in [1.29, 1.82) is 0 Å². The van der Waals surface area contributed by atoms with E-state index in [0.29, 0.717) is 12.0 Å². The highest BCUT2D eigenvalue weighted by Crippen LogP contribution is 2.22. The monoisotopic (exact) mass is 282 g/mol. The van der Waals surface area contributed by atoms with Crippen LogP contribution in [0.25, 0.3) is 0 Å². The van der Waals surface area contributed by atoms with Gasteiger partial charge in [0.1, 0.15) is 17.5 Å². The first-order valence-corrected chi connectivity index (χ1v) is 8.21. The van der Waals surface area contributed by atoms with Crippen LogP contribution >= 0.6 is 11.8 Å². The Morgan fingerprint density at radius 1 is 1.37 bits per heavy atom. The van der Waals surface area contributed by atoms with Crippen LogP contribution in [0.2, 0.25) is 0 Å². The molecule has 1 aromatic rings. The van der Waals surface area contributed by atoms with E-state index in [1.54, 1.807) is 0 Å². The van der Waals surface area contributed by atoms with Crippen molar-refractivity contribution in [1.82, 2.24) is 9.97 Å². The Morgan fingerprint density at radius 2 is 2.05 bits per heavy atom. The smallest absolute Gasteiger partial charge is 0.135 e. The fourth-order valence-electron chi connectivity index (χ4n) is 1.90. The lowest BCUT2D eigenvalue weighted by Gasteiger charge is -2.28. The van der Waals surface area contributed by atoms with Crippen molar-refractivity contribution in [3.05, 3.63) is 11.9 Å². The molecule has 19 heavy (non-hydrogen) atoms. The van der Waals surface area contributed by atoms with Crippen molar-refractivity contribution in [2.24, 2.45) is 0 Å². The Morgan fingerprint density at radius 3 is 2.53 bits per heavy atom. The maximum atomic E-state index is 4.70. The quantitative estimate of drug-likeness (QED) is 0.831. The molecule has 1 atom stereocenters. The van der Waals surface area contributed by atoms with E-state index in [0.717, 1.165) is 29.6 Å². The predicted octanol–water partition coefficient (Wildman–Crippen LogP) is 3.22. The van der Waals surface area contributed by atoms with Gasteiger partial charge in [-0.05, 0) is 12.7 Å². The van der Waals surface area contributed by atoms with Crippen molar-refractivity contribution in [3.63, 3.8) is 0 Å². The van der Waals surface area contributed by atoms with Gasteiger partial charge in [-0.3, -0.25) is 0 Å². The molecule has 0 bridgehead atoms. The minimum Gasteiger partial charge on any atom is -0.373 e. The normalized spacial score (nSPS) is 12.6. The third-order valence-corrected chi connectivity index (χ3v) is 3.96. The molecule has 0 aliphatic rings. The minimum absolute atomic E-state index is 0.334. The molecule has 1 N–H and O–H groups in total. The maximum Gasteiger partial charge on any atom is 0.135 e. The number of hydrogen-bond acceptors (Lipinski definition) is 5. The minimum atomic E-state index is 0.334. The highest BCUT2D eigenvalue weighted by molar-refractivity contribution is 7.98. The first kappa shape index (κ1) is 16.1. The zero-order valence-electron chi connectivity index (χ0n) is 12.9. The second-order valence-corrected chi connectivity index (χ2v) is 5.91. The highest BCUT2D eigenvalue weighted by Gasteiger charge is 2.16. The topological polar surface area (TPSA) is 41.0 Å². The number of aromatic nitrogens is 2. The standard InChI is InChI=1S/C14H26N4S/c1-7-11(9-19-6)18(5)13-8-12(15-4)16-14(17-13)10(2)3/h8,10-11H,7,9H2,1-6H3,(H,15,16,17). The second-order valence-electron chi connectivity index (χ2n) is 5.00. The molecule has 0 fully saturated rings. The molecule has 5 heteroatoms. The number of anilines is 2. The average Bonchev–Trinajstić information content (AvgIpc) is 2.43. The van der Waals surface area contributed by atoms with Crippen molar-refractivity contribution >= 4 is 23.4 Å². The molecule has 0 aromatic carbocycles. The third-order valence-electron chi connectivity index (χ3n) is 3.24. The van der Waals surface area contributed by atoms with Crippen molar-refractivity contribution < 1.29 is 0 Å². The number of rotatable bonds is 7. The van der Waals surface area contributed by atoms with E-state index in [2.05, 4.69) is 49.3 Å². The van der Waals surface area contributed by atoms with Crippen molar-refractivity contribution in [3.8, 4) is 0 Å². The SMILES string of the molecule is CCC(CSC)N(C)c1cc(NC)nc(C(C)C)n1. The van der Waals surface area contributed by atoms with Crippen LogP contribution in [0.4, 0.5) is 11.6 Å². The third kappa shape index (κ3) is 4.27. The molecule has 0 spiro atoms. The Bertz CT molecular complexity index is 395. The summed E-state index contributed by atoms with van der Waals surface area (Å²) < 4.78 is 0. The summed E-state index contributed by atoms with van der Waals surface area (Å²) in [5.74, 6) is 4.24. The molecule has 108 valence electrons. The summed E-state index contributed by atoms with van der Waals surface area (Å²) in [7, 11) is 4.02. The van der Waals surface area contributed by atoms with E-state index in [9.17, 15) is 0 Å². The van der Waals surface area contributed by atoms with E-state index >= 15 is 0 Å².